The maximum atomic E-state index is 11.9. The number of Topliss-reactive ketones (excluding diaryl/α,β-unsaturated/α-hetero) is 1. The summed E-state index contributed by atoms with van der Waals surface area (Å²) >= 11 is 0. The monoisotopic (exact) mass is 227 g/mol. The second kappa shape index (κ2) is 4.85. The molecule has 0 spiro atoms. The van der Waals surface area contributed by atoms with E-state index in [1.807, 2.05) is 20.8 Å². The van der Waals surface area contributed by atoms with Gasteiger partial charge in [0.2, 0.25) is 0 Å². The number of rotatable bonds is 1. The lowest BCUT2D eigenvalue weighted by Gasteiger charge is -2.35. The van der Waals surface area contributed by atoms with Crippen LogP contribution in [0.2, 0.25) is 0 Å². The Kier molecular flexibility index (Phi) is 3.94. The van der Waals surface area contributed by atoms with E-state index in [0.29, 0.717) is 6.54 Å². The molecular formula is C12H21NO3. The first-order valence-electron chi connectivity index (χ1n) is 5.81. The molecule has 0 radical (unpaired) electrons. The lowest BCUT2D eigenvalue weighted by Crippen LogP contribution is -2.49. The zero-order valence-electron chi connectivity index (χ0n) is 10.6. The molecule has 92 valence electrons. The molecule has 0 aromatic carbocycles. The van der Waals surface area contributed by atoms with Gasteiger partial charge in [0.15, 0.2) is 5.78 Å². The minimum atomic E-state index is -0.504. The molecule has 0 saturated carbocycles. The third-order valence-electron chi connectivity index (χ3n) is 2.60. The van der Waals surface area contributed by atoms with Gasteiger partial charge in [-0.15, -0.1) is 0 Å². The molecule has 1 fully saturated rings. The minimum Gasteiger partial charge on any atom is -0.444 e. The van der Waals surface area contributed by atoms with Crippen LogP contribution in [-0.4, -0.2) is 35.0 Å². The summed E-state index contributed by atoms with van der Waals surface area (Å²) in [6.45, 7) is 7.65. The number of hydrogen-bond donors (Lipinski definition) is 0. The molecule has 0 aliphatic carbocycles. The van der Waals surface area contributed by atoms with Gasteiger partial charge in [-0.25, -0.2) is 4.79 Å². The van der Waals surface area contributed by atoms with Crippen molar-refractivity contribution in [1.82, 2.24) is 4.90 Å². The summed E-state index contributed by atoms with van der Waals surface area (Å²) < 4.78 is 5.29. The number of likely N-dealkylation sites (tertiary alicyclic amines) is 1. The fraction of sp³-hybridized carbons (Fsp3) is 0.833. The third-order valence-corrected chi connectivity index (χ3v) is 2.60. The van der Waals surface area contributed by atoms with Gasteiger partial charge in [0, 0.05) is 6.54 Å². The summed E-state index contributed by atoms with van der Waals surface area (Å²) in [6.07, 6.45) is 2.34. The average Bonchev–Trinajstić information content (AvgIpc) is 2.15. The summed E-state index contributed by atoms with van der Waals surface area (Å²) in [5.41, 5.74) is -0.504. The van der Waals surface area contributed by atoms with Gasteiger partial charge in [0.05, 0.1) is 6.04 Å². The predicted octanol–water partition coefficient (Wildman–Crippen LogP) is 2.37. The third kappa shape index (κ3) is 3.51. The molecular weight excluding hydrogens is 206 g/mol. The van der Waals surface area contributed by atoms with Gasteiger partial charge in [0.1, 0.15) is 5.60 Å². The van der Waals surface area contributed by atoms with E-state index in [1.54, 1.807) is 4.90 Å². The molecule has 0 N–H and O–H groups in total. The number of hydrogen-bond acceptors (Lipinski definition) is 3. The highest BCUT2D eigenvalue weighted by molar-refractivity contribution is 5.85. The molecule has 0 aromatic rings. The van der Waals surface area contributed by atoms with Crippen molar-refractivity contribution >= 4 is 11.9 Å². The SMILES string of the molecule is CC(=O)[C@@H]1CCCCN1C(=O)OC(C)(C)C. The van der Waals surface area contributed by atoms with Crippen molar-refractivity contribution in [3.8, 4) is 0 Å². The Balaban J connectivity index is 2.68. The van der Waals surface area contributed by atoms with Gasteiger partial charge in [-0.1, -0.05) is 0 Å². The van der Waals surface area contributed by atoms with Gasteiger partial charge in [-0.2, -0.15) is 0 Å². The first-order chi connectivity index (χ1) is 7.31. The van der Waals surface area contributed by atoms with Crippen LogP contribution in [0.1, 0.15) is 47.0 Å². The van der Waals surface area contributed by atoms with Crippen LogP contribution in [-0.2, 0) is 9.53 Å². The van der Waals surface area contributed by atoms with Crippen molar-refractivity contribution in [2.24, 2.45) is 0 Å². The molecule has 1 rings (SSSR count). The molecule has 0 unspecified atom stereocenters. The molecule has 1 amide bonds. The van der Waals surface area contributed by atoms with Crippen LogP contribution in [0, 0.1) is 0 Å². The number of carbonyl (C=O) groups is 2. The van der Waals surface area contributed by atoms with Gasteiger partial charge >= 0.3 is 6.09 Å². The van der Waals surface area contributed by atoms with E-state index in [-0.39, 0.29) is 17.9 Å². The summed E-state index contributed by atoms with van der Waals surface area (Å²) in [4.78, 5) is 24.9. The first kappa shape index (κ1) is 13.0. The first-order valence-corrected chi connectivity index (χ1v) is 5.81. The number of nitrogens with zero attached hydrogens (tertiary/aromatic N) is 1. The van der Waals surface area contributed by atoms with Crippen LogP contribution in [0.4, 0.5) is 4.79 Å². The zero-order valence-corrected chi connectivity index (χ0v) is 10.6. The lowest BCUT2D eigenvalue weighted by molar-refractivity contribution is -0.123. The number of ketones is 1. The van der Waals surface area contributed by atoms with Crippen molar-refractivity contribution in [2.45, 2.75) is 58.6 Å². The summed E-state index contributed by atoms with van der Waals surface area (Å²) in [7, 11) is 0. The molecule has 0 bridgehead atoms. The second-order valence-electron chi connectivity index (χ2n) is 5.30. The number of ether oxygens (including phenoxy) is 1. The van der Waals surface area contributed by atoms with Crippen molar-refractivity contribution in [1.29, 1.82) is 0 Å². The number of amides is 1. The molecule has 1 saturated heterocycles. The summed E-state index contributed by atoms with van der Waals surface area (Å²) in [5, 5.41) is 0. The highest BCUT2D eigenvalue weighted by Crippen LogP contribution is 2.20. The Labute approximate surface area is 96.9 Å². The Morgan fingerprint density at radius 1 is 1.25 bits per heavy atom. The topological polar surface area (TPSA) is 46.6 Å². The van der Waals surface area contributed by atoms with Crippen molar-refractivity contribution < 1.29 is 14.3 Å². The standard InChI is InChI=1S/C12H21NO3/c1-9(14)10-7-5-6-8-13(10)11(15)16-12(2,3)4/h10H,5-8H2,1-4H3/t10-/m0/s1. The maximum absolute atomic E-state index is 11.9. The average molecular weight is 227 g/mol. The largest absolute Gasteiger partial charge is 0.444 e. The van der Waals surface area contributed by atoms with E-state index in [0.717, 1.165) is 19.3 Å². The van der Waals surface area contributed by atoms with E-state index in [1.165, 1.54) is 6.92 Å². The normalized spacial score (nSPS) is 21.8. The summed E-state index contributed by atoms with van der Waals surface area (Å²) in [6, 6.07) is -0.288. The highest BCUT2D eigenvalue weighted by atomic mass is 16.6. The molecule has 1 heterocycles. The Bertz CT molecular complexity index is 280. The smallest absolute Gasteiger partial charge is 0.410 e. The quantitative estimate of drug-likeness (QED) is 0.691. The Morgan fingerprint density at radius 3 is 2.38 bits per heavy atom. The molecule has 1 aliphatic heterocycles. The fourth-order valence-corrected chi connectivity index (χ4v) is 1.89. The molecule has 0 aromatic heterocycles. The van der Waals surface area contributed by atoms with Crippen LogP contribution in [0.3, 0.4) is 0 Å². The van der Waals surface area contributed by atoms with Gasteiger partial charge < -0.3 is 4.74 Å². The minimum absolute atomic E-state index is 0.0468. The van der Waals surface area contributed by atoms with Crippen LogP contribution in [0.5, 0.6) is 0 Å². The van der Waals surface area contributed by atoms with Gasteiger partial charge in [-0.05, 0) is 47.0 Å². The van der Waals surface area contributed by atoms with E-state index in [9.17, 15) is 9.59 Å². The van der Waals surface area contributed by atoms with Crippen molar-refractivity contribution in [3.05, 3.63) is 0 Å². The molecule has 1 aliphatic rings. The van der Waals surface area contributed by atoms with E-state index < -0.39 is 5.60 Å². The molecule has 1 atom stereocenters. The van der Waals surface area contributed by atoms with Crippen molar-refractivity contribution in [3.63, 3.8) is 0 Å². The number of piperidine rings is 1. The fourth-order valence-electron chi connectivity index (χ4n) is 1.89. The highest BCUT2D eigenvalue weighted by Gasteiger charge is 2.32. The molecule has 4 heteroatoms. The van der Waals surface area contributed by atoms with Crippen LogP contribution in [0.25, 0.3) is 0 Å². The second-order valence-corrected chi connectivity index (χ2v) is 5.30. The van der Waals surface area contributed by atoms with E-state index in [4.69, 9.17) is 4.74 Å². The van der Waals surface area contributed by atoms with Crippen molar-refractivity contribution in [2.75, 3.05) is 6.54 Å². The Morgan fingerprint density at radius 2 is 1.88 bits per heavy atom. The Hall–Kier alpha value is -1.06. The zero-order chi connectivity index (χ0) is 12.3. The maximum Gasteiger partial charge on any atom is 0.410 e. The molecule has 4 nitrogen and oxygen atoms in total. The van der Waals surface area contributed by atoms with Gasteiger partial charge in [0.25, 0.3) is 0 Å². The molecule has 16 heavy (non-hydrogen) atoms. The van der Waals surface area contributed by atoms with Gasteiger partial charge in [-0.3, -0.25) is 9.69 Å². The summed E-state index contributed by atoms with van der Waals surface area (Å²) in [5.74, 6) is 0.0468. The van der Waals surface area contributed by atoms with E-state index >= 15 is 0 Å². The van der Waals surface area contributed by atoms with Crippen LogP contribution >= 0.6 is 0 Å². The lowest BCUT2D eigenvalue weighted by atomic mass is 10.00. The predicted molar refractivity (Wildman–Crippen MR) is 61.3 cm³/mol. The number of carbonyl (C=O) groups excluding carboxylic acids is 2. The van der Waals surface area contributed by atoms with Crippen LogP contribution < -0.4 is 0 Å². The van der Waals surface area contributed by atoms with Crippen LogP contribution in [0.15, 0.2) is 0 Å². The van der Waals surface area contributed by atoms with E-state index in [2.05, 4.69) is 0 Å².